The SMILES string of the molecule is C[n+]1cccc2c1N=C1CCCCCCC(CC1)C2. The Bertz CT molecular complexity index is 476. The largest absolute Gasteiger partial charge is 0.325 e. The Hall–Kier alpha value is -1.18. The Balaban J connectivity index is 2.00. The highest BCUT2D eigenvalue weighted by molar-refractivity contribution is 5.86. The van der Waals surface area contributed by atoms with E-state index in [0.717, 1.165) is 5.92 Å². The summed E-state index contributed by atoms with van der Waals surface area (Å²) in [5.74, 6) is 2.08. The van der Waals surface area contributed by atoms with Gasteiger partial charge in [0.05, 0.1) is 13.2 Å². The van der Waals surface area contributed by atoms with Crippen molar-refractivity contribution in [3.8, 4) is 0 Å². The highest BCUT2D eigenvalue weighted by Gasteiger charge is 2.24. The lowest BCUT2D eigenvalue weighted by Crippen LogP contribution is -2.30. The first-order valence-corrected chi connectivity index (χ1v) is 7.87. The van der Waals surface area contributed by atoms with Crippen LogP contribution in [0.3, 0.4) is 0 Å². The number of nitrogens with zero attached hydrogens (tertiary/aromatic N) is 2. The Labute approximate surface area is 116 Å². The van der Waals surface area contributed by atoms with Crippen molar-refractivity contribution in [3.63, 3.8) is 0 Å². The first-order chi connectivity index (χ1) is 9.33. The van der Waals surface area contributed by atoms with Gasteiger partial charge in [-0.05, 0) is 37.3 Å². The molecule has 0 radical (unpaired) electrons. The van der Waals surface area contributed by atoms with Gasteiger partial charge in [-0.3, -0.25) is 0 Å². The second-order valence-electron chi connectivity index (χ2n) is 6.21. The zero-order valence-corrected chi connectivity index (χ0v) is 12.1. The molecule has 1 fully saturated rings. The van der Waals surface area contributed by atoms with E-state index in [1.54, 1.807) is 0 Å². The van der Waals surface area contributed by atoms with Crippen molar-refractivity contribution >= 4 is 11.5 Å². The van der Waals surface area contributed by atoms with Crippen molar-refractivity contribution in [2.45, 2.75) is 57.8 Å². The van der Waals surface area contributed by atoms with Crippen LogP contribution in [0.5, 0.6) is 0 Å². The van der Waals surface area contributed by atoms with Crippen molar-refractivity contribution in [1.82, 2.24) is 0 Å². The summed E-state index contributed by atoms with van der Waals surface area (Å²) in [6.45, 7) is 0. The lowest BCUT2D eigenvalue weighted by molar-refractivity contribution is -0.658. The van der Waals surface area contributed by atoms with Crippen LogP contribution in [0.2, 0.25) is 0 Å². The van der Waals surface area contributed by atoms with Gasteiger partial charge in [0.15, 0.2) is 0 Å². The summed E-state index contributed by atoms with van der Waals surface area (Å²) in [6.07, 6.45) is 14.1. The highest BCUT2D eigenvalue weighted by atomic mass is 15.0. The van der Waals surface area contributed by atoms with Crippen molar-refractivity contribution in [2.24, 2.45) is 18.0 Å². The number of pyridine rings is 1. The molecule has 102 valence electrons. The van der Waals surface area contributed by atoms with Gasteiger partial charge < -0.3 is 0 Å². The average molecular weight is 257 g/mol. The third-order valence-corrected chi connectivity index (χ3v) is 4.67. The summed E-state index contributed by atoms with van der Waals surface area (Å²) >= 11 is 0. The second kappa shape index (κ2) is 5.85. The first-order valence-electron chi connectivity index (χ1n) is 7.87. The molecule has 0 aromatic carbocycles. The molecule has 0 amide bonds. The van der Waals surface area contributed by atoms with Crippen LogP contribution >= 0.6 is 0 Å². The maximum Gasteiger partial charge on any atom is 0.325 e. The van der Waals surface area contributed by atoms with E-state index in [1.807, 2.05) is 0 Å². The molecule has 2 heterocycles. The van der Waals surface area contributed by atoms with E-state index < -0.39 is 0 Å². The lowest BCUT2D eigenvalue weighted by Gasteiger charge is -2.20. The summed E-state index contributed by atoms with van der Waals surface area (Å²) in [4.78, 5) is 5.01. The number of aliphatic imine (C=N–C) groups is 1. The average Bonchev–Trinajstić information content (AvgIpc) is 2.39. The van der Waals surface area contributed by atoms with Crippen LogP contribution in [0.1, 0.15) is 56.9 Å². The summed E-state index contributed by atoms with van der Waals surface area (Å²) in [7, 11) is 2.13. The molecule has 1 aromatic rings. The van der Waals surface area contributed by atoms with Gasteiger partial charge in [-0.2, -0.15) is 0 Å². The third-order valence-electron chi connectivity index (χ3n) is 4.67. The molecule has 3 rings (SSSR count). The smallest absolute Gasteiger partial charge is 0.233 e. The maximum absolute atomic E-state index is 5.01. The summed E-state index contributed by atoms with van der Waals surface area (Å²) < 4.78 is 2.20. The first kappa shape index (κ1) is 12.8. The molecule has 1 saturated carbocycles. The summed E-state index contributed by atoms with van der Waals surface area (Å²) in [5.41, 5.74) is 2.89. The van der Waals surface area contributed by atoms with E-state index >= 15 is 0 Å². The molecule has 2 aliphatic rings. The van der Waals surface area contributed by atoms with E-state index in [-0.39, 0.29) is 0 Å². The van der Waals surface area contributed by atoms with Crippen LogP contribution < -0.4 is 4.57 Å². The van der Waals surface area contributed by atoms with Crippen LogP contribution in [-0.2, 0) is 13.5 Å². The molecular weight excluding hydrogens is 232 g/mol. The van der Waals surface area contributed by atoms with E-state index in [9.17, 15) is 0 Å². The minimum absolute atomic E-state index is 0.866. The molecular formula is C17H25N2+. The third kappa shape index (κ3) is 3.05. The number of aromatic nitrogens is 1. The lowest BCUT2D eigenvalue weighted by atomic mass is 9.86. The number of hydrogen-bond donors (Lipinski definition) is 0. The number of fused-ring (bicyclic) bond motifs is 4. The minimum atomic E-state index is 0.866. The van der Waals surface area contributed by atoms with Gasteiger partial charge in [0.25, 0.3) is 0 Å². The van der Waals surface area contributed by atoms with Crippen molar-refractivity contribution < 1.29 is 4.57 Å². The van der Waals surface area contributed by atoms with E-state index in [1.165, 1.54) is 74.9 Å². The Kier molecular flexibility index (Phi) is 3.95. The van der Waals surface area contributed by atoms with E-state index in [2.05, 4.69) is 29.9 Å². The van der Waals surface area contributed by atoms with Gasteiger partial charge >= 0.3 is 5.82 Å². The van der Waals surface area contributed by atoms with Gasteiger partial charge in [-0.15, -0.1) is 0 Å². The molecule has 2 nitrogen and oxygen atoms in total. The van der Waals surface area contributed by atoms with Gasteiger partial charge in [0.1, 0.15) is 5.71 Å². The molecule has 0 N–H and O–H groups in total. The molecule has 1 unspecified atom stereocenters. The predicted octanol–water partition coefficient (Wildman–Crippen LogP) is 3.89. The molecule has 2 heteroatoms. The van der Waals surface area contributed by atoms with Crippen molar-refractivity contribution in [1.29, 1.82) is 0 Å². The van der Waals surface area contributed by atoms with Crippen molar-refractivity contribution in [2.75, 3.05) is 0 Å². The molecule has 2 bridgehead atoms. The van der Waals surface area contributed by atoms with Crippen LogP contribution in [0.25, 0.3) is 0 Å². The highest BCUT2D eigenvalue weighted by Crippen LogP contribution is 2.29. The van der Waals surface area contributed by atoms with E-state index in [4.69, 9.17) is 4.99 Å². The van der Waals surface area contributed by atoms with Gasteiger partial charge in [0, 0.05) is 18.4 Å². The zero-order chi connectivity index (χ0) is 13.1. The van der Waals surface area contributed by atoms with Crippen molar-refractivity contribution in [3.05, 3.63) is 23.9 Å². The monoisotopic (exact) mass is 257 g/mol. The van der Waals surface area contributed by atoms with E-state index in [0.29, 0.717) is 0 Å². The number of rotatable bonds is 0. The molecule has 1 aliphatic heterocycles. The molecule has 0 spiro atoms. The quantitative estimate of drug-likeness (QED) is 0.627. The Morgan fingerprint density at radius 2 is 2.00 bits per heavy atom. The fourth-order valence-electron chi connectivity index (χ4n) is 3.50. The Morgan fingerprint density at radius 1 is 1.11 bits per heavy atom. The molecule has 1 aromatic heterocycles. The topological polar surface area (TPSA) is 16.2 Å². The molecule has 1 aliphatic carbocycles. The normalized spacial score (nSPS) is 24.1. The van der Waals surface area contributed by atoms with Crippen LogP contribution in [-0.4, -0.2) is 5.71 Å². The summed E-state index contributed by atoms with van der Waals surface area (Å²) in [5, 5.41) is 0. The van der Waals surface area contributed by atoms with Gasteiger partial charge in [-0.1, -0.05) is 30.7 Å². The zero-order valence-electron chi connectivity index (χ0n) is 12.1. The summed E-state index contributed by atoms with van der Waals surface area (Å²) in [6, 6.07) is 4.44. The predicted molar refractivity (Wildman–Crippen MR) is 78.8 cm³/mol. The van der Waals surface area contributed by atoms with Crippen LogP contribution in [0, 0.1) is 5.92 Å². The number of hydrogen-bond acceptors (Lipinski definition) is 1. The van der Waals surface area contributed by atoms with Gasteiger partial charge in [0.2, 0.25) is 0 Å². The maximum atomic E-state index is 5.01. The molecule has 0 saturated heterocycles. The Morgan fingerprint density at radius 3 is 2.95 bits per heavy atom. The molecule has 1 atom stereocenters. The fourth-order valence-corrected chi connectivity index (χ4v) is 3.50. The standard InChI is InChI=1S/C17H25N2/c1-19-12-6-8-15-13-14-7-4-2-3-5-9-16(11-10-14)18-17(15)19/h6,8,12,14H,2-5,7,9-11,13H2,1H3/q+1. The van der Waals surface area contributed by atoms with Crippen LogP contribution in [0.15, 0.2) is 23.3 Å². The minimum Gasteiger partial charge on any atom is -0.233 e. The fraction of sp³-hybridized carbons (Fsp3) is 0.647. The molecule has 19 heavy (non-hydrogen) atoms. The number of aryl methyl sites for hydroxylation is 1. The van der Waals surface area contributed by atoms with Crippen LogP contribution in [0.4, 0.5) is 5.82 Å². The van der Waals surface area contributed by atoms with Gasteiger partial charge in [-0.25, -0.2) is 4.57 Å². The second-order valence-corrected chi connectivity index (χ2v) is 6.21.